The van der Waals surface area contributed by atoms with Crippen molar-refractivity contribution in [2.45, 2.75) is 18.9 Å². The summed E-state index contributed by atoms with van der Waals surface area (Å²) >= 11 is 0. The van der Waals surface area contributed by atoms with Crippen LogP contribution < -0.4 is 24.4 Å². The Balaban J connectivity index is 1.47. The number of nitrogens with zero attached hydrogens (tertiary/aromatic N) is 5. The SMILES string of the molecule is COc1cc(-n2cnc(Nc3nc(N4CCC[C@@H]4CO)nc4[nH]ccc34)c2)cc(OC)c1OC. The molecule has 1 aliphatic rings. The largest absolute Gasteiger partial charge is 0.493 e. The molecule has 0 bridgehead atoms. The normalized spacial score (nSPS) is 15.6. The minimum atomic E-state index is 0.0273. The third-order valence-electron chi connectivity index (χ3n) is 6.03. The van der Waals surface area contributed by atoms with Gasteiger partial charge in [0.25, 0.3) is 0 Å². The van der Waals surface area contributed by atoms with Gasteiger partial charge in [0, 0.05) is 24.9 Å². The first-order chi connectivity index (χ1) is 16.6. The number of methoxy groups -OCH3 is 3. The number of nitrogens with one attached hydrogen (secondary N) is 2. The number of aromatic amines is 1. The molecule has 4 aromatic rings. The van der Waals surface area contributed by atoms with Crippen molar-refractivity contribution in [2.24, 2.45) is 0 Å². The molecule has 3 aromatic heterocycles. The number of aliphatic hydroxyl groups excluding tert-OH is 1. The predicted octanol–water partition coefficient (Wildman–Crippen LogP) is 2.87. The molecule has 1 saturated heterocycles. The molecule has 1 aromatic carbocycles. The molecular formula is C23H27N7O4. The summed E-state index contributed by atoms with van der Waals surface area (Å²) in [5, 5.41) is 13.9. The Morgan fingerprint density at radius 1 is 1.15 bits per heavy atom. The van der Waals surface area contributed by atoms with E-state index in [1.165, 1.54) is 0 Å². The summed E-state index contributed by atoms with van der Waals surface area (Å²) in [4.78, 5) is 19.2. The van der Waals surface area contributed by atoms with Gasteiger partial charge < -0.3 is 39.1 Å². The fraction of sp³-hybridized carbons (Fsp3) is 0.348. The Hall–Kier alpha value is -3.99. The summed E-state index contributed by atoms with van der Waals surface area (Å²) < 4.78 is 18.2. The summed E-state index contributed by atoms with van der Waals surface area (Å²) in [5.41, 5.74) is 1.52. The molecular weight excluding hydrogens is 438 g/mol. The van der Waals surface area contributed by atoms with Crippen LogP contribution in [0.3, 0.4) is 0 Å². The van der Waals surface area contributed by atoms with Crippen molar-refractivity contribution in [3.8, 4) is 22.9 Å². The van der Waals surface area contributed by atoms with E-state index >= 15 is 0 Å². The lowest BCUT2D eigenvalue weighted by Crippen LogP contribution is -2.33. The van der Waals surface area contributed by atoms with Crippen molar-refractivity contribution in [3.05, 3.63) is 36.9 Å². The quantitative estimate of drug-likeness (QED) is 0.360. The van der Waals surface area contributed by atoms with Crippen LogP contribution in [0, 0.1) is 0 Å². The zero-order valence-corrected chi connectivity index (χ0v) is 19.3. The van der Waals surface area contributed by atoms with Crippen molar-refractivity contribution < 1.29 is 19.3 Å². The first-order valence-electron chi connectivity index (χ1n) is 11.0. The summed E-state index contributed by atoms with van der Waals surface area (Å²) in [6, 6.07) is 5.65. The molecule has 0 unspecified atom stereocenters. The molecule has 1 aliphatic heterocycles. The second kappa shape index (κ2) is 9.10. The topological polar surface area (TPSA) is 123 Å². The van der Waals surface area contributed by atoms with Gasteiger partial charge in [0.1, 0.15) is 23.6 Å². The summed E-state index contributed by atoms with van der Waals surface area (Å²) in [7, 11) is 4.74. The molecule has 0 aliphatic carbocycles. The van der Waals surface area contributed by atoms with E-state index < -0.39 is 0 Å². The smallest absolute Gasteiger partial charge is 0.229 e. The van der Waals surface area contributed by atoms with Crippen LogP contribution in [0.1, 0.15) is 12.8 Å². The van der Waals surface area contributed by atoms with E-state index in [1.54, 1.807) is 27.7 Å². The highest BCUT2D eigenvalue weighted by molar-refractivity contribution is 5.89. The van der Waals surface area contributed by atoms with Crippen molar-refractivity contribution in [3.63, 3.8) is 0 Å². The highest BCUT2D eigenvalue weighted by Crippen LogP contribution is 2.39. The van der Waals surface area contributed by atoms with Gasteiger partial charge in [-0.3, -0.25) is 0 Å². The molecule has 0 spiro atoms. The van der Waals surface area contributed by atoms with Crippen molar-refractivity contribution in [1.82, 2.24) is 24.5 Å². The molecule has 0 saturated carbocycles. The van der Waals surface area contributed by atoms with Crippen molar-refractivity contribution >= 4 is 28.6 Å². The lowest BCUT2D eigenvalue weighted by molar-refractivity contribution is 0.265. The van der Waals surface area contributed by atoms with Crippen LogP contribution in [0.5, 0.6) is 17.2 Å². The van der Waals surface area contributed by atoms with E-state index in [0.717, 1.165) is 36.1 Å². The van der Waals surface area contributed by atoms with Gasteiger partial charge in [0.15, 0.2) is 11.5 Å². The Bertz CT molecular complexity index is 1280. The maximum Gasteiger partial charge on any atom is 0.229 e. The fourth-order valence-electron chi connectivity index (χ4n) is 4.31. The molecule has 11 nitrogen and oxygen atoms in total. The van der Waals surface area contributed by atoms with Crippen LogP contribution in [0.2, 0.25) is 0 Å². The molecule has 1 atom stereocenters. The molecule has 11 heteroatoms. The van der Waals surface area contributed by atoms with Crippen LogP contribution in [0.25, 0.3) is 16.7 Å². The zero-order chi connectivity index (χ0) is 23.7. The van der Waals surface area contributed by atoms with E-state index in [1.807, 2.05) is 35.2 Å². The van der Waals surface area contributed by atoms with Crippen LogP contribution in [-0.2, 0) is 0 Å². The number of fused-ring (bicyclic) bond motifs is 1. The molecule has 3 N–H and O–H groups in total. The maximum absolute atomic E-state index is 9.74. The summed E-state index contributed by atoms with van der Waals surface area (Å²) in [5.74, 6) is 3.47. The van der Waals surface area contributed by atoms with E-state index in [9.17, 15) is 5.11 Å². The Morgan fingerprint density at radius 3 is 2.65 bits per heavy atom. The zero-order valence-electron chi connectivity index (χ0n) is 19.3. The van der Waals surface area contributed by atoms with Crippen LogP contribution in [0.15, 0.2) is 36.9 Å². The van der Waals surface area contributed by atoms with Gasteiger partial charge in [0.05, 0.1) is 51.2 Å². The van der Waals surface area contributed by atoms with Gasteiger partial charge in [0.2, 0.25) is 11.7 Å². The van der Waals surface area contributed by atoms with Crippen LogP contribution in [-0.4, -0.2) is 70.1 Å². The van der Waals surface area contributed by atoms with Crippen LogP contribution in [0.4, 0.5) is 17.6 Å². The number of anilines is 3. The van der Waals surface area contributed by atoms with Gasteiger partial charge >= 0.3 is 0 Å². The second-order valence-corrected chi connectivity index (χ2v) is 7.96. The molecule has 4 heterocycles. The second-order valence-electron chi connectivity index (χ2n) is 7.96. The number of imidazole rings is 1. The highest BCUT2D eigenvalue weighted by Gasteiger charge is 2.27. The number of rotatable bonds is 8. The Labute approximate surface area is 196 Å². The number of ether oxygens (including phenoxy) is 3. The molecule has 1 fully saturated rings. The lowest BCUT2D eigenvalue weighted by atomic mass is 10.2. The third kappa shape index (κ3) is 3.83. The third-order valence-corrected chi connectivity index (χ3v) is 6.03. The predicted molar refractivity (Wildman–Crippen MR) is 128 cm³/mol. The Morgan fingerprint density at radius 2 is 1.94 bits per heavy atom. The number of aromatic nitrogens is 5. The van der Waals surface area contributed by atoms with E-state index in [0.29, 0.717) is 34.8 Å². The monoisotopic (exact) mass is 465 g/mol. The van der Waals surface area contributed by atoms with E-state index in [-0.39, 0.29) is 12.6 Å². The average molecular weight is 466 g/mol. The van der Waals surface area contributed by atoms with E-state index in [4.69, 9.17) is 19.2 Å². The molecule has 0 amide bonds. The van der Waals surface area contributed by atoms with Crippen molar-refractivity contribution in [1.29, 1.82) is 0 Å². The molecule has 5 rings (SSSR count). The molecule has 178 valence electrons. The first kappa shape index (κ1) is 21.8. The van der Waals surface area contributed by atoms with E-state index in [2.05, 4.69) is 25.2 Å². The van der Waals surface area contributed by atoms with Gasteiger partial charge in [-0.25, -0.2) is 4.98 Å². The number of benzene rings is 1. The van der Waals surface area contributed by atoms with Gasteiger partial charge in [-0.15, -0.1) is 0 Å². The number of aliphatic hydroxyl groups is 1. The standard InChI is InChI=1S/C23H27N7O4/c1-32-17-9-15(10-18(33-2)20(17)34-3)29-11-19(25-13-29)26-22-16-6-7-24-21(16)27-23(28-22)30-8-4-5-14(30)12-31/h6-7,9-11,13-14,31H,4-5,8,12H2,1-3H3,(H2,24,26,27,28)/t14-/m1/s1. The minimum Gasteiger partial charge on any atom is -0.493 e. The average Bonchev–Trinajstić information content (AvgIpc) is 3.63. The first-order valence-corrected chi connectivity index (χ1v) is 11.0. The number of hydrogen-bond acceptors (Lipinski definition) is 9. The number of hydrogen-bond donors (Lipinski definition) is 3. The van der Waals surface area contributed by atoms with Gasteiger partial charge in [-0.05, 0) is 18.9 Å². The fourth-order valence-corrected chi connectivity index (χ4v) is 4.31. The molecule has 0 radical (unpaired) electrons. The maximum atomic E-state index is 9.74. The highest BCUT2D eigenvalue weighted by atomic mass is 16.5. The molecule has 34 heavy (non-hydrogen) atoms. The minimum absolute atomic E-state index is 0.0273. The van der Waals surface area contributed by atoms with Gasteiger partial charge in [-0.1, -0.05) is 0 Å². The van der Waals surface area contributed by atoms with Gasteiger partial charge in [-0.2, -0.15) is 9.97 Å². The summed E-state index contributed by atoms with van der Waals surface area (Å²) in [6.45, 7) is 0.890. The van der Waals surface area contributed by atoms with Crippen molar-refractivity contribution in [2.75, 3.05) is 44.7 Å². The van der Waals surface area contributed by atoms with Crippen LogP contribution >= 0.6 is 0 Å². The number of H-pyrrole nitrogens is 1. The summed E-state index contributed by atoms with van der Waals surface area (Å²) in [6.07, 6.45) is 7.30. The lowest BCUT2D eigenvalue weighted by Gasteiger charge is -2.23. The Kier molecular flexibility index (Phi) is 5.84.